The zero-order valence-electron chi connectivity index (χ0n) is 12.0. The van der Waals surface area contributed by atoms with Crippen molar-refractivity contribution in [2.24, 2.45) is 0 Å². The lowest BCUT2D eigenvalue weighted by Crippen LogP contribution is -2.29. The van der Waals surface area contributed by atoms with Crippen molar-refractivity contribution in [2.45, 2.75) is 18.9 Å². The Balaban J connectivity index is 1.80. The van der Waals surface area contributed by atoms with E-state index in [0.717, 1.165) is 0 Å². The average Bonchev–Trinajstić information content (AvgIpc) is 2.51. The van der Waals surface area contributed by atoms with Crippen molar-refractivity contribution in [3.63, 3.8) is 0 Å². The molecule has 0 saturated carbocycles. The van der Waals surface area contributed by atoms with Gasteiger partial charge in [0, 0.05) is 12.5 Å². The molecule has 0 aliphatic carbocycles. The molecule has 116 valence electrons. The first kappa shape index (κ1) is 15.7. The van der Waals surface area contributed by atoms with Gasteiger partial charge < -0.3 is 18.9 Å². The van der Waals surface area contributed by atoms with E-state index in [1.54, 1.807) is 6.07 Å². The summed E-state index contributed by atoms with van der Waals surface area (Å²) in [5.74, 6) is -0.523. The maximum atomic E-state index is 13.8. The van der Waals surface area contributed by atoms with E-state index in [0.29, 0.717) is 44.2 Å². The molecule has 0 bridgehead atoms. The Hall–Kier alpha value is -1.66. The van der Waals surface area contributed by atoms with E-state index in [1.165, 1.54) is 19.2 Å². The first-order chi connectivity index (χ1) is 10.2. The molecule has 1 heterocycles. The molecule has 21 heavy (non-hydrogen) atoms. The van der Waals surface area contributed by atoms with E-state index in [-0.39, 0.29) is 12.5 Å². The molecule has 6 heteroatoms. The van der Waals surface area contributed by atoms with Crippen LogP contribution in [0.3, 0.4) is 0 Å². The van der Waals surface area contributed by atoms with Crippen molar-refractivity contribution in [1.82, 2.24) is 0 Å². The molecule has 0 spiro atoms. The van der Waals surface area contributed by atoms with Gasteiger partial charge in [0.25, 0.3) is 0 Å². The van der Waals surface area contributed by atoms with E-state index >= 15 is 0 Å². The number of carbonyl (C=O) groups excluding carboxylic acids is 1. The minimum atomic E-state index is -0.477. The van der Waals surface area contributed by atoms with Crippen LogP contribution in [0.25, 0.3) is 0 Å². The molecule has 1 saturated heterocycles. The lowest BCUT2D eigenvalue weighted by atomic mass is 10.1. The standard InChI is InChI=1S/C15H19FO5/c1-18-15(17)8-11-2-3-12(9-14(11)16)20-5-4-13-10-19-6-7-21-13/h2-3,9,13H,4-8,10H2,1H3/t13-/m0/s1. The van der Waals surface area contributed by atoms with E-state index < -0.39 is 11.8 Å². The summed E-state index contributed by atoms with van der Waals surface area (Å²) in [6.07, 6.45) is 0.628. The van der Waals surface area contributed by atoms with Crippen molar-refractivity contribution in [1.29, 1.82) is 0 Å². The largest absolute Gasteiger partial charge is 0.493 e. The minimum Gasteiger partial charge on any atom is -0.493 e. The average molecular weight is 298 g/mol. The van der Waals surface area contributed by atoms with Crippen molar-refractivity contribution < 1.29 is 28.1 Å². The molecule has 1 aromatic rings. The van der Waals surface area contributed by atoms with Crippen LogP contribution in [0.1, 0.15) is 12.0 Å². The first-order valence-corrected chi connectivity index (χ1v) is 6.86. The highest BCUT2D eigenvalue weighted by molar-refractivity contribution is 5.72. The van der Waals surface area contributed by atoms with Gasteiger partial charge >= 0.3 is 5.97 Å². The predicted octanol–water partition coefficient (Wildman–Crippen LogP) is 1.73. The van der Waals surface area contributed by atoms with Gasteiger partial charge in [-0.25, -0.2) is 4.39 Å². The van der Waals surface area contributed by atoms with Gasteiger partial charge in [-0.15, -0.1) is 0 Å². The summed E-state index contributed by atoms with van der Waals surface area (Å²) in [5, 5.41) is 0. The van der Waals surface area contributed by atoms with E-state index in [2.05, 4.69) is 4.74 Å². The Bertz CT molecular complexity index is 471. The van der Waals surface area contributed by atoms with E-state index in [9.17, 15) is 9.18 Å². The van der Waals surface area contributed by atoms with Crippen LogP contribution in [-0.2, 0) is 25.4 Å². The second kappa shape index (κ2) is 7.95. The molecule has 1 aromatic carbocycles. The number of benzene rings is 1. The Morgan fingerprint density at radius 2 is 2.29 bits per heavy atom. The number of methoxy groups -OCH3 is 1. The van der Waals surface area contributed by atoms with Gasteiger partial charge in [-0.3, -0.25) is 4.79 Å². The van der Waals surface area contributed by atoms with Gasteiger partial charge in [0.2, 0.25) is 0 Å². The smallest absolute Gasteiger partial charge is 0.310 e. The minimum absolute atomic E-state index is 0.0298. The van der Waals surface area contributed by atoms with Crippen molar-refractivity contribution in [3.8, 4) is 5.75 Å². The molecule has 2 rings (SSSR count). The number of rotatable bonds is 6. The molecular formula is C15H19FO5. The van der Waals surface area contributed by atoms with Crippen molar-refractivity contribution >= 4 is 5.97 Å². The van der Waals surface area contributed by atoms with Crippen molar-refractivity contribution in [2.75, 3.05) is 33.5 Å². The fourth-order valence-corrected chi connectivity index (χ4v) is 2.00. The van der Waals surface area contributed by atoms with Gasteiger partial charge in [0.05, 0.1) is 46.1 Å². The number of esters is 1. The zero-order chi connectivity index (χ0) is 15.1. The molecule has 5 nitrogen and oxygen atoms in total. The summed E-state index contributed by atoms with van der Waals surface area (Å²) in [6, 6.07) is 4.44. The predicted molar refractivity (Wildman–Crippen MR) is 72.8 cm³/mol. The van der Waals surface area contributed by atoms with Gasteiger partial charge in [-0.1, -0.05) is 6.07 Å². The summed E-state index contributed by atoms with van der Waals surface area (Å²) in [5.41, 5.74) is 0.290. The Morgan fingerprint density at radius 3 is 2.95 bits per heavy atom. The molecule has 0 amide bonds. The lowest BCUT2D eigenvalue weighted by Gasteiger charge is -2.22. The molecule has 1 aliphatic rings. The van der Waals surface area contributed by atoms with Crippen molar-refractivity contribution in [3.05, 3.63) is 29.6 Å². The fraction of sp³-hybridized carbons (Fsp3) is 0.533. The Morgan fingerprint density at radius 1 is 1.43 bits per heavy atom. The van der Waals surface area contributed by atoms with Crippen LogP contribution in [-0.4, -0.2) is 45.6 Å². The maximum Gasteiger partial charge on any atom is 0.310 e. The van der Waals surface area contributed by atoms with Gasteiger partial charge in [-0.2, -0.15) is 0 Å². The number of halogens is 1. The third kappa shape index (κ3) is 4.99. The molecule has 1 fully saturated rings. The molecule has 0 N–H and O–H groups in total. The highest BCUT2D eigenvalue weighted by atomic mass is 19.1. The number of carbonyl (C=O) groups is 1. The van der Waals surface area contributed by atoms with Crippen LogP contribution in [0.15, 0.2) is 18.2 Å². The summed E-state index contributed by atoms with van der Waals surface area (Å²) in [4.78, 5) is 11.1. The lowest BCUT2D eigenvalue weighted by molar-refractivity contribution is -0.139. The highest BCUT2D eigenvalue weighted by Crippen LogP contribution is 2.18. The third-order valence-electron chi connectivity index (χ3n) is 3.18. The van der Waals surface area contributed by atoms with Crippen LogP contribution in [0.4, 0.5) is 4.39 Å². The molecule has 0 radical (unpaired) electrons. The van der Waals surface area contributed by atoms with Crippen LogP contribution in [0, 0.1) is 5.82 Å². The highest BCUT2D eigenvalue weighted by Gasteiger charge is 2.14. The molecule has 1 atom stereocenters. The van der Waals surface area contributed by atoms with E-state index in [4.69, 9.17) is 14.2 Å². The third-order valence-corrected chi connectivity index (χ3v) is 3.18. The monoisotopic (exact) mass is 298 g/mol. The molecule has 0 unspecified atom stereocenters. The van der Waals surface area contributed by atoms with E-state index in [1.807, 2.05) is 0 Å². The summed E-state index contributed by atoms with van der Waals surface area (Å²) in [7, 11) is 1.27. The number of hydrogen-bond donors (Lipinski definition) is 0. The second-order valence-electron chi connectivity index (χ2n) is 4.71. The maximum absolute atomic E-state index is 13.8. The number of ether oxygens (including phenoxy) is 4. The van der Waals surface area contributed by atoms with Crippen LogP contribution < -0.4 is 4.74 Å². The Labute approximate surface area is 122 Å². The summed E-state index contributed by atoms with van der Waals surface area (Å²) < 4.78 is 34.6. The quantitative estimate of drug-likeness (QED) is 0.749. The first-order valence-electron chi connectivity index (χ1n) is 6.86. The second-order valence-corrected chi connectivity index (χ2v) is 4.71. The SMILES string of the molecule is COC(=O)Cc1ccc(OCC[C@H]2COCCO2)cc1F. The summed E-state index contributed by atoms with van der Waals surface area (Å²) >= 11 is 0. The normalized spacial score (nSPS) is 18.3. The molecular weight excluding hydrogens is 279 g/mol. The van der Waals surface area contributed by atoms with Gasteiger partial charge in [0.15, 0.2) is 0 Å². The van der Waals surface area contributed by atoms with Gasteiger partial charge in [0.1, 0.15) is 11.6 Å². The van der Waals surface area contributed by atoms with Crippen LogP contribution in [0.2, 0.25) is 0 Å². The summed E-state index contributed by atoms with van der Waals surface area (Å²) in [6.45, 7) is 2.21. The zero-order valence-corrected chi connectivity index (χ0v) is 12.0. The van der Waals surface area contributed by atoms with Gasteiger partial charge in [-0.05, 0) is 11.6 Å². The fourth-order valence-electron chi connectivity index (χ4n) is 2.00. The Kier molecular flexibility index (Phi) is 5.95. The molecule has 1 aliphatic heterocycles. The number of hydrogen-bond acceptors (Lipinski definition) is 5. The van der Waals surface area contributed by atoms with Crippen LogP contribution in [0.5, 0.6) is 5.75 Å². The topological polar surface area (TPSA) is 54.0 Å². The van der Waals surface area contributed by atoms with Crippen LogP contribution >= 0.6 is 0 Å². The molecule has 0 aromatic heterocycles.